The van der Waals surface area contributed by atoms with Crippen molar-refractivity contribution in [2.24, 2.45) is 0 Å². The van der Waals surface area contributed by atoms with E-state index in [1.54, 1.807) is 12.3 Å². The molecule has 2 fully saturated rings. The van der Waals surface area contributed by atoms with Gasteiger partial charge in [0.05, 0.1) is 17.1 Å². The first-order valence-electron chi connectivity index (χ1n) is 11.1. The third-order valence-electron chi connectivity index (χ3n) is 6.71. The summed E-state index contributed by atoms with van der Waals surface area (Å²) in [5.41, 5.74) is 4.10. The number of aromatic nitrogens is 1. The number of nitrogens with one attached hydrogen (secondary N) is 1. The third-order valence-corrected chi connectivity index (χ3v) is 7.84. The number of thiol groups is 1. The molecule has 33 heavy (non-hydrogen) atoms. The molecule has 0 aliphatic carbocycles. The van der Waals surface area contributed by atoms with Gasteiger partial charge in [0.2, 0.25) is 11.8 Å². The highest BCUT2D eigenvalue weighted by Gasteiger charge is 2.39. The first-order valence-corrected chi connectivity index (χ1v) is 12.4. The van der Waals surface area contributed by atoms with Gasteiger partial charge in [-0.2, -0.15) is 12.6 Å². The molecule has 2 saturated heterocycles. The van der Waals surface area contributed by atoms with Crippen LogP contribution in [0.4, 0.5) is 10.1 Å². The normalized spacial score (nSPS) is 24.2. The highest BCUT2D eigenvalue weighted by atomic mass is 79.9. The van der Waals surface area contributed by atoms with Gasteiger partial charge < -0.3 is 4.90 Å². The predicted molar refractivity (Wildman–Crippen MR) is 129 cm³/mol. The Morgan fingerprint density at radius 2 is 1.97 bits per heavy atom. The monoisotopic (exact) mass is 533 g/mol. The molecule has 0 bridgehead atoms. The number of hydrogen-bond donors (Lipinski definition) is 2. The summed E-state index contributed by atoms with van der Waals surface area (Å²) in [7, 11) is 0. The maximum atomic E-state index is 14.4. The number of halogens is 2. The van der Waals surface area contributed by atoms with Crippen LogP contribution in [0.5, 0.6) is 0 Å². The molecule has 7 nitrogen and oxygen atoms in total. The van der Waals surface area contributed by atoms with E-state index in [9.17, 15) is 14.0 Å². The fourth-order valence-corrected chi connectivity index (χ4v) is 5.76. The Balaban J connectivity index is 1.21. The van der Waals surface area contributed by atoms with Crippen molar-refractivity contribution in [2.75, 3.05) is 31.1 Å². The molecule has 0 spiro atoms. The largest absolute Gasteiger partial charge is 0.366 e. The lowest BCUT2D eigenvalue weighted by atomic mass is 10.0. The SMILES string of the molecule is O=C1CCC(N2Cc3cc(CN4CCN(c5ccnc(Br)c5F)CC4)ccc3C2S)C(=O)N1. The molecule has 2 atom stereocenters. The number of pyridine rings is 1. The Bertz CT molecular complexity index is 1090. The van der Waals surface area contributed by atoms with Crippen LogP contribution in [0.15, 0.2) is 35.1 Å². The molecule has 2 amide bonds. The molecule has 1 aromatic carbocycles. The fraction of sp³-hybridized carbons (Fsp3) is 0.435. The minimum Gasteiger partial charge on any atom is -0.366 e. The smallest absolute Gasteiger partial charge is 0.243 e. The van der Waals surface area contributed by atoms with Crippen LogP contribution in [-0.4, -0.2) is 58.8 Å². The van der Waals surface area contributed by atoms with E-state index in [1.807, 2.05) is 0 Å². The Labute approximate surface area is 205 Å². The topological polar surface area (TPSA) is 68.8 Å². The Morgan fingerprint density at radius 3 is 2.73 bits per heavy atom. The van der Waals surface area contributed by atoms with Gasteiger partial charge in [-0.1, -0.05) is 18.2 Å². The van der Waals surface area contributed by atoms with Gasteiger partial charge in [0.25, 0.3) is 0 Å². The second-order valence-electron chi connectivity index (χ2n) is 8.74. The van der Waals surface area contributed by atoms with E-state index in [1.165, 1.54) is 11.1 Å². The summed E-state index contributed by atoms with van der Waals surface area (Å²) in [4.78, 5) is 34.3. The molecule has 3 aliphatic heterocycles. The van der Waals surface area contributed by atoms with Crippen molar-refractivity contribution < 1.29 is 14.0 Å². The maximum absolute atomic E-state index is 14.4. The number of piperidine rings is 1. The van der Waals surface area contributed by atoms with Gasteiger partial charge in [-0.15, -0.1) is 0 Å². The number of amides is 2. The van der Waals surface area contributed by atoms with Gasteiger partial charge in [-0.3, -0.25) is 24.7 Å². The van der Waals surface area contributed by atoms with Crippen LogP contribution in [0.1, 0.15) is 34.9 Å². The standard InChI is InChI=1S/C23H25BrFN5O2S/c24-21-20(25)17(5-6-26-21)29-9-7-28(8-10-29)12-14-1-2-16-15(11-14)13-30(23(16)33)18-3-4-19(31)27-22(18)32/h1-2,5-6,11,18,23,33H,3-4,7-10,12-13H2,(H,27,31,32). The molecule has 1 aromatic heterocycles. The number of fused-ring (bicyclic) bond motifs is 1. The van der Waals surface area contributed by atoms with Crippen molar-refractivity contribution in [3.05, 3.63) is 57.6 Å². The number of anilines is 1. The highest BCUT2D eigenvalue weighted by molar-refractivity contribution is 9.10. The van der Waals surface area contributed by atoms with Crippen LogP contribution in [0.2, 0.25) is 0 Å². The molecule has 5 rings (SSSR count). The van der Waals surface area contributed by atoms with Crippen molar-refractivity contribution in [3.8, 4) is 0 Å². The summed E-state index contributed by atoms with van der Waals surface area (Å²) in [6.45, 7) is 4.65. The first-order chi connectivity index (χ1) is 15.9. The summed E-state index contributed by atoms with van der Waals surface area (Å²) in [6.07, 6.45) is 2.51. The summed E-state index contributed by atoms with van der Waals surface area (Å²) < 4.78 is 14.6. The second kappa shape index (κ2) is 9.32. The molecule has 10 heteroatoms. The fourth-order valence-electron chi connectivity index (χ4n) is 4.95. The lowest BCUT2D eigenvalue weighted by Crippen LogP contribution is -2.51. The number of imide groups is 1. The zero-order valence-electron chi connectivity index (χ0n) is 18.0. The van der Waals surface area contributed by atoms with Gasteiger partial charge in [0, 0.05) is 51.9 Å². The third kappa shape index (κ3) is 4.53. The molecule has 4 heterocycles. The Kier molecular flexibility index (Phi) is 6.43. The summed E-state index contributed by atoms with van der Waals surface area (Å²) >= 11 is 7.94. The number of rotatable bonds is 4. The second-order valence-corrected chi connectivity index (χ2v) is 9.98. The molecule has 0 radical (unpaired) electrons. The molecule has 2 unspecified atom stereocenters. The van der Waals surface area contributed by atoms with Gasteiger partial charge in [-0.25, -0.2) is 9.37 Å². The molecule has 0 saturated carbocycles. The van der Waals surface area contributed by atoms with Crippen molar-refractivity contribution >= 4 is 46.1 Å². The molecular weight excluding hydrogens is 509 g/mol. The van der Waals surface area contributed by atoms with Crippen LogP contribution in [-0.2, 0) is 22.7 Å². The number of piperazine rings is 1. The maximum Gasteiger partial charge on any atom is 0.243 e. The van der Waals surface area contributed by atoms with Crippen LogP contribution >= 0.6 is 28.6 Å². The van der Waals surface area contributed by atoms with Crippen LogP contribution < -0.4 is 10.2 Å². The van der Waals surface area contributed by atoms with Gasteiger partial charge in [-0.05, 0) is 45.1 Å². The summed E-state index contributed by atoms with van der Waals surface area (Å²) in [5, 5.41) is 2.29. The minimum absolute atomic E-state index is 0.156. The zero-order valence-corrected chi connectivity index (χ0v) is 20.5. The highest BCUT2D eigenvalue weighted by Crippen LogP contribution is 2.39. The first kappa shape index (κ1) is 22.8. The average molecular weight is 534 g/mol. The number of hydrogen-bond acceptors (Lipinski definition) is 7. The van der Waals surface area contributed by atoms with Gasteiger partial charge in [0.1, 0.15) is 4.60 Å². The van der Waals surface area contributed by atoms with E-state index in [4.69, 9.17) is 12.6 Å². The number of nitrogens with zero attached hydrogens (tertiary/aromatic N) is 4. The molecule has 2 aromatic rings. The lowest BCUT2D eigenvalue weighted by Gasteiger charge is -2.36. The van der Waals surface area contributed by atoms with Crippen molar-refractivity contribution in [2.45, 2.75) is 37.3 Å². The van der Waals surface area contributed by atoms with Gasteiger partial charge >= 0.3 is 0 Å². The van der Waals surface area contributed by atoms with E-state index in [0.717, 1.165) is 38.3 Å². The molecule has 3 aliphatic rings. The van der Waals surface area contributed by atoms with E-state index in [-0.39, 0.29) is 33.7 Å². The van der Waals surface area contributed by atoms with Crippen LogP contribution in [0.25, 0.3) is 0 Å². The molecule has 174 valence electrons. The quantitative estimate of drug-likeness (QED) is 0.358. The predicted octanol–water partition coefficient (Wildman–Crippen LogP) is 2.85. The van der Waals surface area contributed by atoms with Crippen molar-refractivity contribution in [3.63, 3.8) is 0 Å². The van der Waals surface area contributed by atoms with E-state index in [0.29, 0.717) is 25.1 Å². The van der Waals surface area contributed by atoms with Crippen LogP contribution in [0.3, 0.4) is 0 Å². The Morgan fingerprint density at radius 1 is 1.18 bits per heavy atom. The number of carbonyl (C=O) groups excluding carboxylic acids is 2. The molecular formula is C23H25BrFN5O2S. The zero-order chi connectivity index (χ0) is 23.1. The van der Waals surface area contributed by atoms with E-state index >= 15 is 0 Å². The Hall–Kier alpha value is -2.01. The lowest BCUT2D eigenvalue weighted by molar-refractivity contribution is -0.137. The van der Waals surface area contributed by atoms with E-state index < -0.39 is 0 Å². The number of carbonyl (C=O) groups is 2. The van der Waals surface area contributed by atoms with E-state index in [2.05, 4.69) is 59.1 Å². The van der Waals surface area contributed by atoms with Crippen molar-refractivity contribution in [1.82, 2.24) is 20.1 Å². The molecule has 1 N–H and O–H groups in total. The van der Waals surface area contributed by atoms with Crippen LogP contribution in [0, 0.1) is 5.82 Å². The minimum atomic E-state index is -0.331. The van der Waals surface area contributed by atoms with Crippen molar-refractivity contribution in [1.29, 1.82) is 0 Å². The van der Waals surface area contributed by atoms with Gasteiger partial charge in [0.15, 0.2) is 5.82 Å². The average Bonchev–Trinajstić information content (AvgIpc) is 3.12. The summed E-state index contributed by atoms with van der Waals surface area (Å²) in [6, 6.07) is 7.83. The summed E-state index contributed by atoms with van der Waals surface area (Å²) in [5.74, 6) is -0.745. The number of benzene rings is 1.